The Morgan fingerprint density at radius 2 is 1.83 bits per heavy atom. The van der Waals surface area contributed by atoms with Gasteiger partial charge < -0.3 is 10.1 Å². The fourth-order valence-electron chi connectivity index (χ4n) is 2.06. The van der Waals surface area contributed by atoms with Crippen LogP contribution < -0.4 is 5.32 Å². The van der Waals surface area contributed by atoms with E-state index in [1.165, 1.54) is 18.2 Å². The number of benzene rings is 1. The molecule has 0 bridgehead atoms. The molecule has 0 radical (unpaired) electrons. The smallest absolute Gasteiger partial charge is 0.338 e. The molecule has 0 heterocycles. The van der Waals surface area contributed by atoms with Crippen molar-refractivity contribution in [3.63, 3.8) is 0 Å². The van der Waals surface area contributed by atoms with E-state index < -0.39 is 16.5 Å². The van der Waals surface area contributed by atoms with Crippen LogP contribution in [0.3, 0.4) is 0 Å². The van der Waals surface area contributed by atoms with E-state index in [2.05, 4.69) is 26.1 Å². The van der Waals surface area contributed by atoms with Gasteiger partial charge in [-0.3, -0.25) is 10.1 Å². The number of carbonyl (C=O) groups excluding carboxylic acids is 1. The van der Waals surface area contributed by atoms with Crippen LogP contribution in [0.5, 0.6) is 0 Å². The van der Waals surface area contributed by atoms with E-state index in [0.29, 0.717) is 17.7 Å². The first-order chi connectivity index (χ1) is 10.9. The lowest BCUT2D eigenvalue weighted by molar-refractivity contribution is -0.385. The molecule has 0 aliphatic heterocycles. The zero-order valence-corrected chi connectivity index (χ0v) is 15.4. The summed E-state index contributed by atoms with van der Waals surface area (Å²) in [4.78, 5) is 22.9. The lowest BCUT2D eigenvalue weighted by Crippen LogP contribution is -2.24. The number of esters is 1. The Kier molecular flexibility index (Phi) is 6.49. The first-order valence-electron chi connectivity index (χ1n) is 8.10. The van der Waals surface area contributed by atoms with Gasteiger partial charge in [0.2, 0.25) is 0 Å². The molecule has 6 heteroatoms. The molecule has 0 aromatic heterocycles. The van der Waals surface area contributed by atoms with Crippen molar-refractivity contribution in [2.45, 2.75) is 60.1 Å². The van der Waals surface area contributed by atoms with Crippen molar-refractivity contribution < 1.29 is 14.5 Å². The van der Waals surface area contributed by atoms with Gasteiger partial charge in [-0.1, -0.05) is 20.8 Å². The number of nitrogens with one attached hydrogen (secondary N) is 1. The Bertz CT molecular complexity index is 598. The molecule has 0 atom stereocenters. The largest absolute Gasteiger partial charge is 0.456 e. The highest BCUT2D eigenvalue weighted by molar-refractivity contribution is 5.90. The minimum absolute atomic E-state index is 0.00515. The number of nitrogens with zero attached hydrogens (tertiary/aromatic N) is 1. The van der Waals surface area contributed by atoms with E-state index in [9.17, 15) is 14.9 Å². The third-order valence-corrected chi connectivity index (χ3v) is 3.28. The van der Waals surface area contributed by atoms with E-state index in [0.717, 1.165) is 13.0 Å². The lowest BCUT2D eigenvalue weighted by Gasteiger charge is -2.20. The van der Waals surface area contributed by atoms with Gasteiger partial charge in [-0.15, -0.1) is 0 Å². The van der Waals surface area contributed by atoms with Crippen molar-refractivity contribution in [3.05, 3.63) is 39.4 Å². The highest BCUT2D eigenvalue weighted by Crippen LogP contribution is 2.22. The van der Waals surface area contributed by atoms with Crippen molar-refractivity contribution in [2.24, 2.45) is 5.41 Å². The minimum atomic E-state index is -0.607. The lowest BCUT2D eigenvalue weighted by atomic mass is 9.92. The summed E-state index contributed by atoms with van der Waals surface area (Å²) < 4.78 is 5.32. The van der Waals surface area contributed by atoms with Crippen LogP contribution in [0.4, 0.5) is 5.69 Å². The SMILES string of the molecule is CC(C)(C)CCNCc1cc(C(=O)OC(C)(C)C)ccc1[N+](=O)[O-]. The molecule has 134 valence electrons. The quantitative estimate of drug-likeness (QED) is 0.366. The minimum Gasteiger partial charge on any atom is -0.456 e. The monoisotopic (exact) mass is 336 g/mol. The maximum absolute atomic E-state index is 12.1. The van der Waals surface area contributed by atoms with Crippen molar-refractivity contribution in [1.29, 1.82) is 0 Å². The molecule has 0 aliphatic carbocycles. The Balaban J connectivity index is 2.89. The number of nitro benzene ring substituents is 1. The predicted octanol–water partition coefficient (Wildman–Crippen LogP) is 4.08. The summed E-state index contributed by atoms with van der Waals surface area (Å²) in [6, 6.07) is 4.33. The zero-order chi connectivity index (χ0) is 18.5. The van der Waals surface area contributed by atoms with Crippen molar-refractivity contribution in [1.82, 2.24) is 5.32 Å². The highest BCUT2D eigenvalue weighted by Gasteiger charge is 2.21. The van der Waals surface area contributed by atoms with Gasteiger partial charge in [-0.05, 0) is 51.3 Å². The molecule has 1 rings (SSSR count). The van der Waals surface area contributed by atoms with E-state index in [1.807, 2.05) is 0 Å². The molecule has 1 aromatic carbocycles. The van der Waals surface area contributed by atoms with Crippen LogP contribution >= 0.6 is 0 Å². The first kappa shape index (κ1) is 20.1. The van der Waals surface area contributed by atoms with Crippen LogP contribution in [0.2, 0.25) is 0 Å². The average molecular weight is 336 g/mol. The van der Waals surface area contributed by atoms with E-state index in [1.54, 1.807) is 20.8 Å². The normalized spacial score (nSPS) is 12.1. The van der Waals surface area contributed by atoms with E-state index >= 15 is 0 Å². The van der Waals surface area contributed by atoms with Crippen LogP contribution in [-0.2, 0) is 11.3 Å². The first-order valence-corrected chi connectivity index (χ1v) is 8.10. The Morgan fingerprint density at radius 1 is 1.21 bits per heavy atom. The summed E-state index contributed by atoms with van der Waals surface area (Å²) in [5.74, 6) is -0.478. The third-order valence-electron chi connectivity index (χ3n) is 3.28. The summed E-state index contributed by atoms with van der Waals surface area (Å²) in [5.41, 5.74) is 0.396. The molecule has 0 aliphatic rings. The van der Waals surface area contributed by atoms with Crippen LogP contribution in [0.15, 0.2) is 18.2 Å². The number of rotatable bonds is 6. The van der Waals surface area contributed by atoms with E-state index in [-0.39, 0.29) is 11.1 Å². The van der Waals surface area contributed by atoms with Crippen LogP contribution in [0.25, 0.3) is 0 Å². The van der Waals surface area contributed by atoms with Gasteiger partial charge >= 0.3 is 5.97 Å². The van der Waals surface area contributed by atoms with Gasteiger partial charge in [0.15, 0.2) is 0 Å². The molecule has 0 spiro atoms. The number of ether oxygens (including phenoxy) is 1. The third kappa shape index (κ3) is 7.08. The maximum Gasteiger partial charge on any atom is 0.338 e. The molecule has 1 aromatic rings. The second-order valence-electron chi connectivity index (χ2n) is 8.09. The van der Waals surface area contributed by atoms with Gasteiger partial charge in [0.1, 0.15) is 5.60 Å². The summed E-state index contributed by atoms with van der Waals surface area (Å²) >= 11 is 0. The summed E-state index contributed by atoms with van der Waals surface area (Å²) in [6.07, 6.45) is 0.951. The Hall–Kier alpha value is -1.95. The molecule has 24 heavy (non-hydrogen) atoms. The Labute approximate surface area is 143 Å². The molecule has 0 saturated carbocycles. The second-order valence-corrected chi connectivity index (χ2v) is 8.09. The summed E-state index contributed by atoms with van der Waals surface area (Å²) in [5, 5.41) is 14.4. The maximum atomic E-state index is 12.1. The van der Waals surface area contributed by atoms with Crippen LogP contribution in [0.1, 0.15) is 63.9 Å². The average Bonchev–Trinajstić information content (AvgIpc) is 2.40. The van der Waals surface area contributed by atoms with Gasteiger partial charge in [0.25, 0.3) is 5.69 Å². The standard InChI is InChI=1S/C18H28N2O4/c1-17(2,3)9-10-19-12-14-11-13(7-8-15(14)20(22)23)16(21)24-18(4,5)6/h7-8,11,19H,9-10,12H2,1-6H3. The molecule has 0 unspecified atom stereocenters. The van der Waals surface area contributed by atoms with Crippen molar-refractivity contribution in [3.8, 4) is 0 Å². The topological polar surface area (TPSA) is 81.5 Å². The molecule has 0 fully saturated rings. The van der Waals surface area contributed by atoms with Crippen LogP contribution in [0, 0.1) is 15.5 Å². The molecular weight excluding hydrogens is 308 g/mol. The second kappa shape index (κ2) is 7.75. The van der Waals surface area contributed by atoms with Gasteiger partial charge in [-0.2, -0.15) is 0 Å². The highest BCUT2D eigenvalue weighted by atomic mass is 16.6. The van der Waals surface area contributed by atoms with Gasteiger partial charge in [-0.25, -0.2) is 4.79 Å². The molecule has 6 nitrogen and oxygen atoms in total. The summed E-state index contributed by atoms with van der Waals surface area (Å²) in [7, 11) is 0. The van der Waals surface area contributed by atoms with Gasteiger partial charge in [0, 0.05) is 18.2 Å². The fourth-order valence-corrected chi connectivity index (χ4v) is 2.06. The fraction of sp³-hybridized carbons (Fsp3) is 0.611. The summed E-state index contributed by atoms with van der Waals surface area (Å²) in [6.45, 7) is 12.9. The number of carbonyl (C=O) groups is 1. The number of nitro groups is 1. The van der Waals surface area contributed by atoms with Gasteiger partial charge in [0.05, 0.1) is 10.5 Å². The Morgan fingerprint density at radius 3 is 2.33 bits per heavy atom. The molecular formula is C18H28N2O4. The van der Waals surface area contributed by atoms with Crippen LogP contribution in [-0.4, -0.2) is 23.0 Å². The predicted molar refractivity (Wildman–Crippen MR) is 94.0 cm³/mol. The van der Waals surface area contributed by atoms with Crippen molar-refractivity contribution >= 4 is 11.7 Å². The molecule has 0 saturated heterocycles. The number of hydrogen-bond acceptors (Lipinski definition) is 5. The number of hydrogen-bond donors (Lipinski definition) is 1. The van der Waals surface area contributed by atoms with Crippen molar-refractivity contribution in [2.75, 3.05) is 6.54 Å². The van der Waals surface area contributed by atoms with E-state index in [4.69, 9.17) is 4.74 Å². The molecule has 0 amide bonds. The molecule has 1 N–H and O–H groups in total. The zero-order valence-electron chi connectivity index (χ0n) is 15.4.